The number of furan rings is 2. The van der Waals surface area contributed by atoms with Crippen LogP contribution in [0.25, 0.3) is 87.3 Å². The van der Waals surface area contributed by atoms with Gasteiger partial charge in [-0.3, -0.25) is 0 Å². The second kappa shape index (κ2) is 10.8. The van der Waals surface area contributed by atoms with Crippen molar-refractivity contribution in [1.29, 1.82) is 0 Å². The Labute approximate surface area is 293 Å². The largest absolute Gasteiger partial charge is 0.456 e. The Bertz CT molecular complexity index is 3140. The van der Waals surface area contributed by atoms with Gasteiger partial charge < -0.3 is 13.7 Å². The number of hydrogen-bond acceptors (Lipinski definition) is 3. The molecule has 238 valence electrons. The molecule has 0 radical (unpaired) electrons. The molecule has 0 atom stereocenters. The SMILES string of the molecule is c1ccc2c(c1)ccc1ccc3ccc(-c4ccc(N(c5ccc6c(c5)oc5ccccc56)c5cccc6oc7ccccc7c56)cc4)cc3c12. The molecule has 11 rings (SSSR count). The summed E-state index contributed by atoms with van der Waals surface area (Å²) >= 11 is 0. The lowest BCUT2D eigenvalue weighted by Crippen LogP contribution is -2.10. The predicted octanol–water partition coefficient (Wildman–Crippen LogP) is 14.1. The van der Waals surface area contributed by atoms with E-state index in [-0.39, 0.29) is 0 Å². The minimum atomic E-state index is 0.857. The maximum Gasteiger partial charge on any atom is 0.137 e. The quantitative estimate of drug-likeness (QED) is 0.177. The van der Waals surface area contributed by atoms with Crippen LogP contribution >= 0.6 is 0 Å². The van der Waals surface area contributed by atoms with Crippen molar-refractivity contribution in [2.75, 3.05) is 4.90 Å². The first-order valence-corrected chi connectivity index (χ1v) is 17.3. The summed E-state index contributed by atoms with van der Waals surface area (Å²) in [4.78, 5) is 2.32. The zero-order valence-corrected chi connectivity index (χ0v) is 27.5. The summed E-state index contributed by atoms with van der Waals surface area (Å²) in [6.07, 6.45) is 0. The molecular weight excluding hydrogens is 623 g/mol. The standard InChI is InChI=1S/C48H29NO2/c1-2-9-37-31(8-1)16-19-33-20-17-32-18-21-34(28-41(32)47(33)37)30-22-24-35(25-23-30)49(36-26-27-39-38-10-3-5-13-43(38)51-46(39)29-36)42-12-7-15-45-48(42)40-11-4-6-14-44(40)50-45/h1-29H. The molecule has 11 aromatic rings. The van der Waals surface area contributed by atoms with Crippen LogP contribution in [0.1, 0.15) is 0 Å². The summed E-state index contributed by atoms with van der Waals surface area (Å²) in [5.74, 6) is 0. The summed E-state index contributed by atoms with van der Waals surface area (Å²) in [5, 5.41) is 12.0. The van der Waals surface area contributed by atoms with E-state index in [2.05, 4.69) is 157 Å². The second-order valence-electron chi connectivity index (χ2n) is 13.3. The first kappa shape index (κ1) is 28.0. The van der Waals surface area contributed by atoms with Crippen LogP contribution in [-0.4, -0.2) is 0 Å². The number of hydrogen-bond donors (Lipinski definition) is 0. The second-order valence-corrected chi connectivity index (χ2v) is 13.3. The average molecular weight is 652 g/mol. The van der Waals surface area contributed by atoms with Crippen LogP contribution in [0, 0.1) is 0 Å². The van der Waals surface area contributed by atoms with Crippen LogP contribution in [0.4, 0.5) is 17.1 Å². The minimum Gasteiger partial charge on any atom is -0.456 e. The van der Waals surface area contributed by atoms with Gasteiger partial charge in [-0.15, -0.1) is 0 Å². The van der Waals surface area contributed by atoms with Crippen LogP contribution in [-0.2, 0) is 0 Å². The molecule has 2 heterocycles. The summed E-state index contributed by atoms with van der Waals surface area (Å²) in [6.45, 7) is 0. The Hall–Kier alpha value is -6.84. The van der Waals surface area contributed by atoms with Gasteiger partial charge in [0.15, 0.2) is 0 Å². The average Bonchev–Trinajstić information content (AvgIpc) is 3.76. The number of anilines is 3. The van der Waals surface area contributed by atoms with E-state index in [9.17, 15) is 0 Å². The zero-order chi connectivity index (χ0) is 33.5. The molecular formula is C48H29NO2. The Morgan fingerprint density at radius 1 is 0.314 bits per heavy atom. The minimum absolute atomic E-state index is 0.857. The van der Waals surface area contributed by atoms with Crippen LogP contribution < -0.4 is 4.90 Å². The highest BCUT2D eigenvalue weighted by atomic mass is 16.3. The van der Waals surface area contributed by atoms with Gasteiger partial charge in [-0.25, -0.2) is 0 Å². The molecule has 2 aromatic heterocycles. The lowest BCUT2D eigenvalue weighted by atomic mass is 9.94. The van der Waals surface area contributed by atoms with E-state index in [0.717, 1.165) is 66.5 Å². The smallest absolute Gasteiger partial charge is 0.137 e. The van der Waals surface area contributed by atoms with Crippen molar-refractivity contribution in [3.05, 3.63) is 176 Å². The number of para-hydroxylation sites is 2. The van der Waals surface area contributed by atoms with Gasteiger partial charge in [0.2, 0.25) is 0 Å². The molecule has 0 N–H and O–H groups in total. The highest BCUT2D eigenvalue weighted by Gasteiger charge is 2.21. The summed E-state index contributed by atoms with van der Waals surface area (Å²) in [5.41, 5.74) is 8.93. The molecule has 51 heavy (non-hydrogen) atoms. The van der Waals surface area contributed by atoms with Gasteiger partial charge in [-0.2, -0.15) is 0 Å². The van der Waals surface area contributed by atoms with Crippen molar-refractivity contribution in [2.45, 2.75) is 0 Å². The third-order valence-electron chi connectivity index (χ3n) is 10.4. The summed E-state index contributed by atoms with van der Waals surface area (Å²) < 4.78 is 12.7. The number of rotatable bonds is 4. The van der Waals surface area contributed by atoms with Crippen LogP contribution in [0.3, 0.4) is 0 Å². The molecule has 9 aromatic carbocycles. The Morgan fingerprint density at radius 2 is 0.902 bits per heavy atom. The summed E-state index contributed by atoms with van der Waals surface area (Å²) in [6, 6.07) is 62.7. The van der Waals surface area contributed by atoms with E-state index in [1.54, 1.807) is 0 Å². The van der Waals surface area contributed by atoms with Gasteiger partial charge in [0.25, 0.3) is 0 Å². The maximum absolute atomic E-state index is 6.38. The molecule has 0 bridgehead atoms. The van der Waals surface area contributed by atoms with Crippen molar-refractivity contribution in [1.82, 2.24) is 0 Å². The van der Waals surface area contributed by atoms with E-state index in [4.69, 9.17) is 8.83 Å². The normalized spacial score (nSPS) is 11.9. The fraction of sp³-hybridized carbons (Fsp3) is 0. The van der Waals surface area contributed by atoms with E-state index >= 15 is 0 Å². The fourth-order valence-corrected chi connectivity index (χ4v) is 8.03. The van der Waals surface area contributed by atoms with Crippen molar-refractivity contribution in [3.8, 4) is 11.1 Å². The van der Waals surface area contributed by atoms with E-state index in [1.807, 2.05) is 24.3 Å². The van der Waals surface area contributed by atoms with Gasteiger partial charge in [-0.1, -0.05) is 115 Å². The molecule has 0 fully saturated rings. The molecule has 3 nitrogen and oxygen atoms in total. The highest BCUT2D eigenvalue weighted by Crippen LogP contribution is 2.45. The van der Waals surface area contributed by atoms with Crippen LogP contribution in [0.2, 0.25) is 0 Å². The Morgan fingerprint density at radius 3 is 1.75 bits per heavy atom. The summed E-state index contributed by atoms with van der Waals surface area (Å²) in [7, 11) is 0. The third kappa shape index (κ3) is 4.32. The molecule has 0 spiro atoms. The lowest BCUT2D eigenvalue weighted by molar-refractivity contribution is 0.669. The highest BCUT2D eigenvalue weighted by molar-refractivity contribution is 6.21. The monoisotopic (exact) mass is 651 g/mol. The number of nitrogens with zero attached hydrogens (tertiary/aromatic N) is 1. The molecule has 0 amide bonds. The van der Waals surface area contributed by atoms with Gasteiger partial charge >= 0.3 is 0 Å². The van der Waals surface area contributed by atoms with Crippen molar-refractivity contribution in [3.63, 3.8) is 0 Å². The number of fused-ring (bicyclic) bond motifs is 11. The molecule has 0 aliphatic rings. The van der Waals surface area contributed by atoms with Gasteiger partial charge in [0.05, 0.1) is 11.1 Å². The van der Waals surface area contributed by atoms with Crippen LogP contribution in [0.15, 0.2) is 185 Å². The number of benzene rings is 9. The lowest BCUT2D eigenvalue weighted by Gasteiger charge is -2.26. The molecule has 0 unspecified atom stereocenters. The van der Waals surface area contributed by atoms with Crippen molar-refractivity contribution < 1.29 is 8.83 Å². The molecule has 0 aliphatic heterocycles. The van der Waals surface area contributed by atoms with Gasteiger partial charge in [0.1, 0.15) is 22.3 Å². The topological polar surface area (TPSA) is 29.5 Å². The first-order chi connectivity index (χ1) is 25.3. The molecule has 0 aliphatic carbocycles. The van der Waals surface area contributed by atoms with Gasteiger partial charge in [0, 0.05) is 33.6 Å². The maximum atomic E-state index is 6.38. The molecule has 3 heteroatoms. The van der Waals surface area contributed by atoms with Crippen molar-refractivity contribution in [2.24, 2.45) is 0 Å². The van der Waals surface area contributed by atoms with Gasteiger partial charge in [-0.05, 0) is 98.0 Å². The fourth-order valence-electron chi connectivity index (χ4n) is 8.03. The Balaban J connectivity index is 1.09. The third-order valence-corrected chi connectivity index (χ3v) is 10.4. The first-order valence-electron chi connectivity index (χ1n) is 17.3. The van der Waals surface area contributed by atoms with E-state index < -0.39 is 0 Å². The molecule has 0 saturated carbocycles. The van der Waals surface area contributed by atoms with E-state index in [1.165, 1.54) is 37.9 Å². The van der Waals surface area contributed by atoms with Crippen LogP contribution in [0.5, 0.6) is 0 Å². The van der Waals surface area contributed by atoms with E-state index in [0.29, 0.717) is 0 Å². The zero-order valence-electron chi connectivity index (χ0n) is 27.5. The Kier molecular flexibility index (Phi) is 5.96. The predicted molar refractivity (Wildman–Crippen MR) is 214 cm³/mol. The molecule has 0 saturated heterocycles. The van der Waals surface area contributed by atoms with Crippen molar-refractivity contribution >= 4 is 93.3 Å².